The largest absolute Gasteiger partial charge is 0.465 e. The second-order valence-corrected chi connectivity index (χ2v) is 12.4. The summed E-state index contributed by atoms with van der Waals surface area (Å²) >= 11 is 3.70. The second kappa shape index (κ2) is 12.1. The van der Waals surface area contributed by atoms with E-state index >= 15 is 0 Å². The quantitative estimate of drug-likeness (QED) is 0.170. The highest BCUT2D eigenvalue weighted by atomic mass is 79.9. The molecule has 5 rings (SSSR count). The van der Waals surface area contributed by atoms with Gasteiger partial charge in [0.2, 0.25) is 5.91 Å². The van der Waals surface area contributed by atoms with Crippen LogP contribution in [0, 0.1) is 25.7 Å². The highest BCUT2D eigenvalue weighted by Crippen LogP contribution is 2.61. The van der Waals surface area contributed by atoms with E-state index in [1.807, 2.05) is 62.4 Å². The number of hydrogen-bond acceptors (Lipinski definition) is 6. The average molecular weight is 638 g/mol. The van der Waals surface area contributed by atoms with Gasteiger partial charge >= 0.3 is 5.97 Å². The van der Waals surface area contributed by atoms with E-state index in [-0.39, 0.29) is 23.9 Å². The number of likely N-dealkylation sites (tertiary alicyclic amines) is 1. The Morgan fingerprint density at radius 2 is 1.86 bits per heavy atom. The molecule has 1 N–H and O–H groups in total. The molecule has 0 aliphatic carbocycles. The number of aliphatic hydroxyl groups excluding tert-OH is 1. The van der Waals surface area contributed by atoms with Gasteiger partial charge in [-0.05, 0) is 43.4 Å². The minimum atomic E-state index is -1.30. The Balaban J connectivity index is 1.66. The summed E-state index contributed by atoms with van der Waals surface area (Å²) in [5.74, 6) is -3.12. The minimum absolute atomic E-state index is 0.140. The van der Waals surface area contributed by atoms with Gasteiger partial charge in [0.15, 0.2) is 0 Å². The number of benzene rings is 2. The van der Waals surface area contributed by atoms with Crippen LogP contribution in [0.3, 0.4) is 0 Å². The molecule has 2 bridgehead atoms. The number of carbonyl (C=O) groups is 3. The number of aliphatic hydroxyl groups is 1. The van der Waals surface area contributed by atoms with Gasteiger partial charge in [0, 0.05) is 17.1 Å². The summed E-state index contributed by atoms with van der Waals surface area (Å²) < 4.78 is 12.2. The first-order chi connectivity index (χ1) is 20.2. The van der Waals surface area contributed by atoms with Crippen LogP contribution in [0.25, 0.3) is 0 Å². The molecule has 3 aliphatic heterocycles. The van der Waals surface area contributed by atoms with Gasteiger partial charge in [-0.3, -0.25) is 14.4 Å². The van der Waals surface area contributed by atoms with Crippen LogP contribution in [0.2, 0.25) is 0 Å². The maximum Gasteiger partial charge on any atom is 0.312 e. The van der Waals surface area contributed by atoms with Crippen LogP contribution in [0.15, 0.2) is 73.8 Å². The lowest BCUT2D eigenvalue weighted by Crippen LogP contribution is -2.58. The van der Waals surface area contributed by atoms with Crippen LogP contribution < -0.4 is 4.90 Å². The zero-order chi connectivity index (χ0) is 30.2. The molecule has 7 atom stereocenters. The molecule has 3 aliphatic rings. The molecule has 222 valence electrons. The van der Waals surface area contributed by atoms with E-state index in [0.29, 0.717) is 18.4 Å². The van der Waals surface area contributed by atoms with Gasteiger partial charge in [-0.15, -0.1) is 13.2 Å². The number of hydrogen-bond donors (Lipinski definition) is 1. The lowest BCUT2D eigenvalue weighted by atomic mass is 9.70. The monoisotopic (exact) mass is 636 g/mol. The van der Waals surface area contributed by atoms with Gasteiger partial charge < -0.3 is 24.4 Å². The fraction of sp³-hybridized carbons (Fsp3) is 0.424. The third-order valence-corrected chi connectivity index (χ3v) is 9.62. The number of aryl methyl sites for hydroxylation is 2. The van der Waals surface area contributed by atoms with Gasteiger partial charge in [0.05, 0.1) is 37.2 Å². The molecule has 3 heterocycles. The molecule has 2 aromatic carbocycles. The van der Waals surface area contributed by atoms with Crippen LogP contribution >= 0.6 is 15.9 Å². The Bertz CT molecular complexity index is 1360. The number of rotatable bonds is 11. The topological polar surface area (TPSA) is 96.4 Å². The van der Waals surface area contributed by atoms with Gasteiger partial charge in [-0.25, -0.2) is 0 Å². The maximum absolute atomic E-state index is 14.9. The molecule has 3 unspecified atom stereocenters. The van der Waals surface area contributed by atoms with Crippen molar-refractivity contribution in [2.45, 2.75) is 55.3 Å². The number of amides is 2. The van der Waals surface area contributed by atoms with Crippen LogP contribution in [-0.2, 0) is 23.9 Å². The standard InChI is InChI=1S/C33H37BrN2O6/c1-5-7-17-41-32(40)25-26-30(38)36(24(19-37)22-14-9-8-10-15-22)29(33(26)18-23(34)28(25)42-33)31(39)35(16-6-2)27-20(3)12-11-13-21(27)4/h5-6,8-15,23-26,28-29,37H,1-2,7,16-19H2,3-4H3/t23?,24-,25-,26+,28-,29?,33?/m1/s1. The first-order valence-electron chi connectivity index (χ1n) is 14.3. The van der Waals surface area contributed by atoms with Crippen LogP contribution in [0.4, 0.5) is 5.69 Å². The molecule has 0 radical (unpaired) electrons. The van der Waals surface area contributed by atoms with Crippen molar-refractivity contribution in [2.75, 3.05) is 24.7 Å². The predicted octanol–water partition coefficient (Wildman–Crippen LogP) is 4.42. The predicted molar refractivity (Wildman–Crippen MR) is 163 cm³/mol. The first kappa shape index (κ1) is 30.2. The third kappa shape index (κ3) is 4.81. The van der Waals surface area contributed by atoms with Crippen molar-refractivity contribution < 1.29 is 29.0 Å². The van der Waals surface area contributed by atoms with Crippen LogP contribution in [0.5, 0.6) is 0 Å². The molecular weight excluding hydrogens is 600 g/mol. The molecule has 0 aromatic heterocycles. The summed E-state index contributed by atoms with van der Waals surface area (Å²) in [6, 6.07) is 13.0. The summed E-state index contributed by atoms with van der Waals surface area (Å²) in [5, 5.41) is 10.7. The zero-order valence-corrected chi connectivity index (χ0v) is 25.5. The molecule has 0 saturated carbocycles. The van der Waals surface area contributed by atoms with E-state index in [1.54, 1.807) is 17.1 Å². The summed E-state index contributed by atoms with van der Waals surface area (Å²) in [4.78, 5) is 45.9. The number of alkyl halides is 1. The van der Waals surface area contributed by atoms with E-state index in [4.69, 9.17) is 9.47 Å². The number of fused-ring (bicyclic) bond motifs is 1. The molecule has 8 nitrogen and oxygen atoms in total. The highest BCUT2D eigenvalue weighted by Gasteiger charge is 2.77. The highest BCUT2D eigenvalue weighted by molar-refractivity contribution is 9.09. The molecule has 3 saturated heterocycles. The van der Waals surface area contributed by atoms with Crippen molar-refractivity contribution in [3.63, 3.8) is 0 Å². The number of halogens is 1. The second-order valence-electron chi connectivity index (χ2n) is 11.2. The Labute approximate surface area is 255 Å². The lowest BCUT2D eigenvalue weighted by Gasteiger charge is -2.40. The smallest absolute Gasteiger partial charge is 0.312 e. The molecule has 2 amide bonds. The number of ether oxygens (including phenoxy) is 2. The number of para-hydroxylation sites is 1. The molecule has 1 spiro atoms. The van der Waals surface area contributed by atoms with Crippen molar-refractivity contribution >= 4 is 39.4 Å². The Hall–Kier alpha value is -3.27. The molecule has 2 aromatic rings. The van der Waals surface area contributed by atoms with Gasteiger partial charge in [0.25, 0.3) is 5.91 Å². The Morgan fingerprint density at radius 1 is 1.17 bits per heavy atom. The summed E-state index contributed by atoms with van der Waals surface area (Å²) in [6.45, 7) is 11.4. The fourth-order valence-corrected chi connectivity index (χ4v) is 8.06. The van der Waals surface area contributed by atoms with Crippen molar-refractivity contribution in [2.24, 2.45) is 11.8 Å². The normalized spacial score (nSPS) is 28.3. The molecular formula is C33H37BrN2O6. The van der Waals surface area contributed by atoms with Crippen LogP contribution in [0.1, 0.15) is 35.6 Å². The van der Waals surface area contributed by atoms with Gasteiger partial charge in [0.1, 0.15) is 11.6 Å². The number of esters is 1. The van der Waals surface area contributed by atoms with Crippen LogP contribution in [-0.4, -0.2) is 70.1 Å². The first-order valence-corrected chi connectivity index (χ1v) is 15.2. The molecule has 9 heteroatoms. The van der Waals surface area contributed by atoms with Crippen molar-refractivity contribution in [1.29, 1.82) is 0 Å². The molecule has 3 fully saturated rings. The Kier molecular flexibility index (Phi) is 8.73. The number of anilines is 1. The maximum atomic E-state index is 14.9. The van der Waals surface area contributed by atoms with E-state index in [0.717, 1.165) is 16.8 Å². The third-order valence-electron chi connectivity index (χ3n) is 8.78. The SMILES string of the molecule is C=CCCOC(=O)[C@H]1[C@@H]2OC3(CC2Br)C(C(=O)N(CC=C)c2c(C)cccc2C)N([C@H](CO)c2ccccc2)C(=O)[C@H]13. The van der Waals surface area contributed by atoms with Gasteiger partial charge in [-0.2, -0.15) is 0 Å². The van der Waals surface area contributed by atoms with Crippen molar-refractivity contribution in [3.8, 4) is 0 Å². The summed E-state index contributed by atoms with van der Waals surface area (Å²) in [6.07, 6.45) is 3.50. The fourth-order valence-electron chi connectivity index (χ4n) is 7.12. The zero-order valence-electron chi connectivity index (χ0n) is 23.9. The van der Waals surface area contributed by atoms with Gasteiger partial charge in [-0.1, -0.05) is 76.6 Å². The van der Waals surface area contributed by atoms with Crippen molar-refractivity contribution in [1.82, 2.24) is 4.90 Å². The lowest BCUT2D eigenvalue weighted by molar-refractivity contribution is -0.155. The van der Waals surface area contributed by atoms with Crippen molar-refractivity contribution in [3.05, 3.63) is 90.5 Å². The number of nitrogens with zero attached hydrogens (tertiary/aromatic N) is 2. The van der Waals surface area contributed by atoms with E-state index < -0.39 is 54.1 Å². The number of carbonyl (C=O) groups excluding carboxylic acids is 3. The minimum Gasteiger partial charge on any atom is -0.465 e. The Morgan fingerprint density at radius 3 is 2.48 bits per heavy atom. The average Bonchev–Trinajstić information content (AvgIpc) is 3.57. The van der Waals surface area contributed by atoms with E-state index in [1.165, 1.54) is 4.90 Å². The van der Waals surface area contributed by atoms with E-state index in [2.05, 4.69) is 29.1 Å². The summed E-state index contributed by atoms with van der Waals surface area (Å²) in [7, 11) is 0. The van der Waals surface area contributed by atoms with E-state index in [9.17, 15) is 19.5 Å². The molecule has 42 heavy (non-hydrogen) atoms. The summed E-state index contributed by atoms with van der Waals surface area (Å²) in [5.41, 5.74) is 1.91.